The van der Waals surface area contributed by atoms with Crippen molar-refractivity contribution in [2.45, 2.75) is 32.5 Å². The van der Waals surface area contributed by atoms with Gasteiger partial charge in [-0.05, 0) is 31.5 Å². The molecule has 0 heterocycles. The average Bonchev–Trinajstić information content (AvgIpc) is 2.53. The lowest BCUT2D eigenvalue weighted by atomic mass is 10.1. The highest BCUT2D eigenvalue weighted by Crippen LogP contribution is 2.24. The number of hydrogen-bond acceptors (Lipinski definition) is 7. The molecule has 2 amide bonds. The minimum absolute atomic E-state index is 0.0899. The number of rotatable bonds is 6. The van der Waals surface area contributed by atoms with Crippen LogP contribution in [0, 0.1) is 0 Å². The van der Waals surface area contributed by atoms with Gasteiger partial charge in [0.1, 0.15) is 17.6 Å². The van der Waals surface area contributed by atoms with Crippen molar-refractivity contribution in [1.29, 1.82) is 0 Å². The van der Waals surface area contributed by atoms with Gasteiger partial charge in [0.05, 0.1) is 12.5 Å². The standard InChI is InChI=1S/C16H22N2O7/c1-9(19)10(2)23-14(20)7-11-5-12(24-15(21)17-3)8-13(6-11)25-16(22)18-4/h5-6,8-10,19H,7H2,1-4H3,(H,17,21)(H,18,22). The van der Waals surface area contributed by atoms with Crippen LogP contribution in [0.1, 0.15) is 19.4 Å². The molecule has 1 aromatic rings. The van der Waals surface area contributed by atoms with Gasteiger partial charge in [-0.1, -0.05) is 0 Å². The molecule has 1 rings (SSSR count). The Labute approximate surface area is 145 Å². The van der Waals surface area contributed by atoms with Gasteiger partial charge in [0.25, 0.3) is 0 Å². The predicted octanol–water partition coefficient (Wildman–Crippen LogP) is 0.978. The Kier molecular flexibility index (Phi) is 7.67. The van der Waals surface area contributed by atoms with Crippen LogP contribution in [0.4, 0.5) is 9.59 Å². The van der Waals surface area contributed by atoms with Crippen LogP contribution < -0.4 is 20.1 Å². The van der Waals surface area contributed by atoms with Gasteiger partial charge in [-0.2, -0.15) is 0 Å². The molecule has 0 saturated heterocycles. The second kappa shape index (κ2) is 9.48. The molecular weight excluding hydrogens is 332 g/mol. The van der Waals surface area contributed by atoms with Crippen LogP contribution in [0.5, 0.6) is 11.5 Å². The van der Waals surface area contributed by atoms with Crippen molar-refractivity contribution >= 4 is 18.2 Å². The van der Waals surface area contributed by atoms with E-state index in [4.69, 9.17) is 14.2 Å². The van der Waals surface area contributed by atoms with E-state index in [1.807, 2.05) is 0 Å². The van der Waals surface area contributed by atoms with Gasteiger partial charge in [-0.25, -0.2) is 9.59 Å². The number of aliphatic hydroxyl groups excluding tert-OH is 1. The minimum atomic E-state index is -0.806. The maximum atomic E-state index is 11.9. The van der Waals surface area contributed by atoms with Gasteiger partial charge < -0.3 is 30.0 Å². The summed E-state index contributed by atoms with van der Waals surface area (Å²) in [7, 11) is 2.78. The summed E-state index contributed by atoms with van der Waals surface area (Å²) in [5.41, 5.74) is 0.406. The van der Waals surface area contributed by atoms with E-state index in [0.717, 1.165) is 0 Å². The quantitative estimate of drug-likeness (QED) is 0.651. The van der Waals surface area contributed by atoms with E-state index in [1.54, 1.807) is 6.92 Å². The first-order chi connectivity index (χ1) is 11.7. The summed E-state index contributed by atoms with van der Waals surface area (Å²) in [5, 5.41) is 13.9. The molecule has 0 bridgehead atoms. The molecule has 2 unspecified atom stereocenters. The highest BCUT2D eigenvalue weighted by molar-refractivity contribution is 5.75. The van der Waals surface area contributed by atoms with Gasteiger partial charge in [0.15, 0.2) is 0 Å². The lowest BCUT2D eigenvalue weighted by Gasteiger charge is -2.16. The Hall–Kier alpha value is -2.81. The van der Waals surface area contributed by atoms with Crippen molar-refractivity contribution in [2.24, 2.45) is 0 Å². The molecule has 1 aromatic carbocycles. The van der Waals surface area contributed by atoms with Crippen LogP contribution in [-0.4, -0.2) is 49.6 Å². The SMILES string of the molecule is CNC(=O)Oc1cc(CC(=O)OC(C)C(C)O)cc(OC(=O)NC)c1. The average molecular weight is 354 g/mol. The van der Waals surface area contributed by atoms with Gasteiger partial charge in [-0.3, -0.25) is 4.79 Å². The zero-order valence-electron chi connectivity index (χ0n) is 14.5. The molecular formula is C16H22N2O7. The minimum Gasteiger partial charge on any atom is -0.460 e. The topological polar surface area (TPSA) is 123 Å². The third-order valence-electron chi connectivity index (χ3n) is 3.11. The number of amides is 2. The van der Waals surface area contributed by atoms with Crippen LogP contribution in [0.3, 0.4) is 0 Å². The van der Waals surface area contributed by atoms with E-state index in [2.05, 4.69) is 10.6 Å². The molecule has 0 saturated carbocycles. The highest BCUT2D eigenvalue weighted by Gasteiger charge is 2.16. The number of esters is 1. The van der Waals surface area contributed by atoms with Crippen LogP contribution >= 0.6 is 0 Å². The molecule has 0 aliphatic heterocycles. The number of ether oxygens (including phenoxy) is 3. The fraction of sp³-hybridized carbons (Fsp3) is 0.438. The summed E-state index contributed by atoms with van der Waals surface area (Å²) in [4.78, 5) is 34.6. The molecule has 0 radical (unpaired) electrons. The second-order valence-corrected chi connectivity index (χ2v) is 5.20. The summed E-state index contributed by atoms with van der Waals surface area (Å²) < 4.78 is 15.1. The molecule has 9 nitrogen and oxygen atoms in total. The third-order valence-corrected chi connectivity index (χ3v) is 3.11. The first-order valence-corrected chi connectivity index (χ1v) is 7.55. The summed E-state index contributed by atoms with van der Waals surface area (Å²) in [6.45, 7) is 3.07. The normalized spacial score (nSPS) is 12.5. The van der Waals surface area contributed by atoms with Crippen molar-refractivity contribution in [3.63, 3.8) is 0 Å². The number of hydrogen-bond donors (Lipinski definition) is 3. The molecule has 138 valence electrons. The Bertz CT molecular complexity index is 595. The molecule has 0 aliphatic carbocycles. The Balaban J connectivity index is 2.97. The molecule has 0 aromatic heterocycles. The molecule has 25 heavy (non-hydrogen) atoms. The number of nitrogens with one attached hydrogen (secondary N) is 2. The number of carbonyl (C=O) groups is 3. The summed E-state index contributed by atoms with van der Waals surface area (Å²) >= 11 is 0. The molecule has 0 aliphatic rings. The Morgan fingerprint density at radius 3 is 1.88 bits per heavy atom. The largest absolute Gasteiger partial charge is 0.460 e. The first kappa shape index (κ1) is 20.2. The smallest absolute Gasteiger partial charge is 0.412 e. The van der Waals surface area contributed by atoms with E-state index in [-0.39, 0.29) is 17.9 Å². The molecule has 0 spiro atoms. The molecule has 2 atom stereocenters. The molecule has 3 N–H and O–H groups in total. The van der Waals surface area contributed by atoms with Crippen LogP contribution in [0.25, 0.3) is 0 Å². The van der Waals surface area contributed by atoms with Crippen molar-refractivity contribution in [1.82, 2.24) is 10.6 Å². The fourth-order valence-corrected chi connectivity index (χ4v) is 1.68. The van der Waals surface area contributed by atoms with E-state index < -0.39 is 30.4 Å². The lowest BCUT2D eigenvalue weighted by Crippen LogP contribution is -2.26. The van der Waals surface area contributed by atoms with Gasteiger partial charge >= 0.3 is 18.2 Å². The predicted molar refractivity (Wildman–Crippen MR) is 87.5 cm³/mol. The number of carbonyl (C=O) groups excluding carboxylic acids is 3. The summed E-state index contributed by atoms with van der Waals surface area (Å²) in [6, 6.07) is 4.22. The van der Waals surface area contributed by atoms with Crippen LogP contribution in [-0.2, 0) is 16.0 Å². The fourth-order valence-electron chi connectivity index (χ4n) is 1.68. The first-order valence-electron chi connectivity index (χ1n) is 7.55. The third kappa shape index (κ3) is 7.08. The van der Waals surface area contributed by atoms with Crippen molar-refractivity contribution in [3.8, 4) is 11.5 Å². The number of benzene rings is 1. The van der Waals surface area contributed by atoms with Crippen LogP contribution in [0.2, 0.25) is 0 Å². The van der Waals surface area contributed by atoms with Gasteiger partial charge in [0, 0.05) is 20.2 Å². The Morgan fingerprint density at radius 1 is 1.00 bits per heavy atom. The summed E-state index contributed by atoms with van der Waals surface area (Å²) in [6.07, 6.45) is -3.06. The van der Waals surface area contributed by atoms with E-state index in [1.165, 1.54) is 39.2 Å². The number of aliphatic hydroxyl groups is 1. The van der Waals surface area contributed by atoms with Gasteiger partial charge in [-0.15, -0.1) is 0 Å². The summed E-state index contributed by atoms with van der Waals surface area (Å²) in [5.74, 6) is -0.407. The van der Waals surface area contributed by atoms with E-state index >= 15 is 0 Å². The zero-order valence-corrected chi connectivity index (χ0v) is 14.5. The van der Waals surface area contributed by atoms with E-state index in [0.29, 0.717) is 5.56 Å². The van der Waals surface area contributed by atoms with Crippen molar-refractivity contribution in [2.75, 3.05) is 14.1 Å². The van der Waals surface area contributed by atoms with Crippen LogP contribution in [0.15, 0.2) is 18.2 Å². The monoisotopic (exact) mass is 354 g/mol. The second-order valence-electron chi connectivity index (χ2n) is 5.20. The van der Waals surface area contributed by atoms with Gasteiger partial charge in [0.2, 0.25) is 0 Å². The Morgan fingerprint density at radius 2 is 1.48 bits per heavy atom. The highest BCUT2D eigenvalue weighted by atomic mass is 16.6. The maximum absolute atomic E-state index is 11.9. The van der Waals surface area contributed by atoms with Crippen molar-refractivity contribution < 1.29 is 33.7 Å². The molecule has 9 heteroatoms. The zero-order chi connectivity index (χ0) is 19.0. The molecule has 0 fully saturated rings. The van der Waals surface area contributed by atoms with E-state index in [9.17, 15) is 19.5 Å². The van der Waals surface area contributed by atoms with Crippen molar-refractivity contribution in [3.05, 3.63) is 23.8 Å². The lowest BCUT2D eigenvalue weighted by molar-refractivity contribution is -0.152. The maximum Gasteiger partial charge on any atom is 0.412 e.